The number of hydrogen-bond donors (Lipinski definition) is 0. The summed E-state index contributed by atoms with van der Waals surface area (Å²) in [5.41, 5.74) is 3.27. The molecule has 2 aromatic rings. The molecule has 1 aromatic heterocycles. The lowest BCUT2D eigenvalue weighted by molar-refractivity contribution is 0.563. The molecule has 0 bridgehead atoms. The number of halogens is 1. The van der Waals surface area contributed by atoms with Crippen molar-refractivity contribution < 1.29 is 4.79 Å². The first-order valence-corrected chi connectivity index (χ1v) is 6.95. The second kappa shape index (κ2) is 5.11. The molecule has 0 spiro atoms. The Morgan fingerprint density at radius 2 is 2.11 bits per heavy atom. The van der Waals surface area contributed by atoms with Crippen LogP contribution in [0.2, 0.25) is 0 Å². The number of aromatic nitrogens is 2. The van der Waals surface area contributed by atoms with E-state index in [0.717, 1.165) is 15.7 Å². The molecule has 19 heavy (non-hydrogen) atoms. The summed E-state index contributed by atoms with van der Waals surface area (Å²) >= 11 is 3.56. The zero-order chi connectivity index (χ0) is 13.2. The van der Waals surface area contributed by atoms with E-state index in [0.29, 0.717) is 12.5 Å². The van der Waals surface area contributed by atoms with Crippen molar-refractivity contribution >= 4 is 22.0 Å². The van der Waals surface area contributed by atoms with E-state index in [1.54, 1.807) is 6.08 Å². The Morgan fingerprint density at radius 3 is 2.74 bits per heavy atom. The monoisotopic (exact) mass is 317 g/mol. The summed E-state index contributed by atoms with van der Waals surface area (Å²) in [4.78, 5) is 13.7. The van der Waals surface area contributed by atoms with Gasteiger partial charge in [0.05, 0.1) is 28.6 Å². The molecular weight excluding hydrogens is 306 g/mol. The standard InChI is InChI=1S/C14H12BrN3O/c15-13-8-17-18(14(13)11-3-4-11)12-5-1-10(2-6-12)7-16-9-19/h1-2,5-6,8,11H,3-4,7H2. The van der Waals surface area contributed by atoms with E-state index >= 15 is 0 Å². The van der Waals surface area contributed by atoms with Gasteiger partial charge in [-0.1, -0.05) is 12.1 Å². The fourth-order valence-electron chi connectivity index (χ4n) is 2.13. The van der Waals surface area contributed by atoms with Gasteiger partial charge < -0.3 is 0 Å². The highest BCUT2D eigenvalue weighted by atomic mass is 79.9. The number of rotatable bonds is 4. The fourth-order valence-corrected chi connectivity index (χ4v) is 2.72. The van der Waals surface area contributed by atoms with Gasteiger partial charge in [-0.15, -0.1) is 0 Å². The van der Waals surface area contributed by atoms with Crippen LogP contribution in [0.25, 0.3) is 5.69 Å². The Hall–Kier alpha value is -1.71. The number of hydrogen-bond acceptors (Lipinski definition) is 3. The summed E-state index contributed by atoms with van der Waals surface area (Å²) in [6, 6.07) is 7.92. The fraction of sp³-hybridized carbons (Fsp3) is 0.286. The summed E-state index contributed by atoms with van der Waals surface area (Å²) < 4.78 is 3.05. The van der Waals surface area contributed by atoms with E-state index in [1.165, 1.54) is 18.5 Å². The number of nitrogens with zero attached hydrogens (tertiary/aromatic N) is 3. The summed E-state index contributed by atoms with van der Waals surface area (Å²) in [5.74, 6) is 0.621. The number of carbonyl (C=O) groups excluding carboxylic acids is 1. The highest BCUT2D eigenvalue weighted by Crippen LogP contribution is 2.43. The van der Waals surface area contributed by atoms with E-state index in [9.17, 15) is 4.79 Å². The Kier molecular flexibility index (Phi) is 3.32. The van der Waals surface area contributed by atoms with Crippen LogP contribution in [0.4, 0.5) is 0 Å². The van der Waals surface area contributed by atoms with Gasteiger partial charge in [-0.3, -0.25) is 0 Å². The van der Waals surface area contributed by atoms with Gasteiger partial charge in [-0.05, 0) is 46.5 Å². The molecule has 0 amide bonds. The maximum atomic E-state index is 10.1. The van der Waals surface area contributed by atoms with Gasteiger partial charge >= 0.3 is 0 Å². The van der Waals surface area contributed by atoms with Gasteiger partial charge in [0.25, 0.3) is 0 Å². The van der Waals surface area contributed by atoms with E-state index in [-0.39, 0.29) is 0 Å². The van der Waals surface area contributed by atoms with Crippen LogP contribution in [0, 0.1) is 0 Å². The third kappa shape index (κ3) is 2.53. The topological polar surface area (TPSA) is 47.2 Å². The second-order valence-electron chi connectivity index (χ2n) is 4.64. The van der Waals surface area contributed by atoms with Gasteiger partial charge in [0.1, 0.15) is 0 Å². The van der Waals surface area contributed by atoms with Crippen molar-refractivity contribution in [1.82, 2.24) is 9.78 Å². The zero-order valence-electron chi connectivity index (χ0n) is 10.2. The maximum Gasteiger partial charge on any atom is 0.235 e. The van der Waals surface area contributed by atoms with E-state index in [2.05, 4.69) is 26.0 Å². The summed E-state index contributed by atoms with van der Waals surface area (Å²) in [6.07, 6.45) is 5.86. The molecule has 1 aromatic carbocycles. The first-order chi connectivity index (χ1) is 9.29. The van der Waals surface area contributed by atoms with Crippen LogP contribution in [0.3, 0.4) is 0 Å². The molecule has 0 unspecified atom stereocenters. The third-order valence-electron chi connectivity index (χ3n) is 3.23. The largest absolute Gasteiger partial charge is 0.236 e. The van der Waals surface area contributed by atoms with Crippen LogP contribution in [0.15, 0.2) is 39.9 Å². The smallest absolute Gasteiger partial charge is 0.235 e. The molecule has 1 aliphatic rings. The molecule has 5 heteroatoms. The van der Waals surface area contributed by atoms with Crippen LogP contribution < -0.4 is 0 Å². The molecule has 1 saturated carbocycles. The van der Waals surface area contributed by atoms with Crippen molar-refractivity contribution in [3.05, 3.63) is 46.2 Å². The molecule has 96 valence electrons. The van der Waals surface area contributed by atoms with E-state index < -0.39 is 0 Å². The molecule has 3 rings (SSSR count). The van der Waals surface area contributed by atoms with Crippen molar-refractivity contribution in [1.29, 1.82) is 0 Å². The quantitative estimate of drug-likeness (QED) is 0.641. The predicted octanol–water partition coefficient (Wildman–Crippen LogP) is 3.35. The minimum Gasteiger partial charge on any atom is -0.236 e. The Balaban J connectivity index is 1.91. The average Bonchev–Trinajstić information content (AvgIpc) is 3.20. The molecular formula is C14H12BrN3O. The highest BCUT2D eigenvalue weighted by Gasteiger charge is 2.30. The molecule has 0 atom stereocenters. The maximum absolute atomic E-state index is 10.1. The minimum absolute atomic E-state index is 0.377. The van der Waals surface area contributed by atoms with Crippen LogP contribution in [0.1, 0.15) is 30.0 Å². The summed E-state index contributed by atoms with van der Waals surface area (Å²) in [6.45, 7) is 0.377. The third-order valence-corrected chi connectivity index (χ3v) is 3.84. The first kappa shape index (κ1) is 12.3. The van der Waals surface area contributed by atoms with Gasteiger partial charge in [0.15, 0.2) is 0 Å². The molecule has 0 saturated heterocycles. The zero-order valence-corrected chi connectivity index (χ0v) is 11.8. The van der Waals surface area contributed by atoms with Gasteiger partial charge in [-0.2, -0.15) is 5.10 Å². The van der Waals surface area contributed by atoms with E-state index in [4.69, 9.17) is 0 Å². The van der Waals surface area contributed by atoms with E-state index in [1.807, 2.05) is 35.1 Å². The lowest BCUT2D eigenvalue weighted by Crippen LogP contribution is -2.01. The molecule has 4 nitrogen and oxygen atoms in total. The molecule has 1 fully saturated rings. The number of isocyanates is 1. The summed E-state index contributed by atoms with van der Waals surface area (Å²) in [7, 11) is 0. The lowest BCUT2D eigenvalue weighted by atomic mass is 10.2. The average molecular weight is 318 g/mol. The molecule has 1 aliphatic carbocycles. The Labute approximate surface area is 119 Å². The molecule has 0 radical (unpaired) electrons. The molecule has 1 heterocycles. The van der Waals surface area contributed by atoms with Crippen LogP contribution in [-0.4, -0.2) is 15.9 Å². The van der Waals surface area contributed by atoms with Crippen molar-refractivity contribution in [3.8, 4) is 5.69 Å². The second-order valence-corrected chi connectivity index (χ2v) is 5.49. The highest BCUT2D eigenvalue weighted by molar-refractivity contribution is 9.10. The van der Waals surface area contributed by atoms with Crippen LogP contribution in [-0.2, 0) is 11.3 Å². The summed E-state index contributed by atoms with van der Waals surface area (Å²) in [5, 5.41) is 4.42. The van der Waals surface area contributed by atoms with Gasteiger partial charge in [0.2, 0.25) is 6.08 Å². The number of benzene rings is 1. The van der Waals surface area contributed by atoms with Crippen molar-refractivity contribution in [3.63, 3.8) is 0 Å². The SMILES string of the molecule is O=C=NCc1ccc(-n2ncc(Br)c2C2CC2)cc1. The predicted molar refractivity (Wildman–Crippen MR) is 75.1 cm³/mol. The van der Waals surface area contributed by atoms with Crippen molar-refractivity contribution in [2.75, 3.05) is 0 Å². The Morgan fingerprint density at radius 1 is 1.37 bits per heavy atom. The van der Waals surface area contributed by atoms with Gasteiger partial charge in [-0.25, -0.2) is 14.5 Å². The molecule has 0 aliphatic heterocycles. The normalized spacial score (nSPS) is 14.2. The first-order valence-electron chi connectivity index (χ1n) is 6.16. The van der Waals surface area contributed by atoms with Crippen LogP contribution >= 0.6 is 15.9 Å². The Bertz CT molecular complexity index is 637. The number of aliphatic imine (C=N–C) groups is 1. The minimum atomic E-state index is 0.377. The van der Waals surface area contributed by atoms with Gasteiger partial charge in [0, 0.05) is 5.92 Å². The van der Waals surface area contributed by atoms with Crippen molar-refractivity contribution in [2.45, 2.75) is 25.3 Å². The lowest BCUT2D eigenvalue weighted by Gasteiger charge is -2.07. The van der Waals surface area contributed by atoms with Crippen molar-refractivity contribution in [2.24, 2.45) is 4.99 Å². The van der Waals surface area contributed by atoms with Crippen LogP contribution in [0.5, 0.6) is 0 Å². The molecule has 0 N–H and O–H groups in total.